The van der Waals surface area contributed by atoms with Crippen LogP contribution in [0.3, 0.4) is 0 Å². The molecule has 236 valence electrons. The summed E-state index contributed by atoms with van der Waals surface area (Å²) in [6, 6.07) is 8.84. The molecule has 0 aromatic heterocycles. The molecule has 2 aromatic rings. The molecular weight excluding hydrogens is 552 g/mol. The van der Waals surface area contributed by atoms with E-state index in [4.69, 9.17) is 31.7 Å². The number of ether oxygens (including phenoxy) is 3. The Bertz CT molecular complexity index is 1110. The lowest BCUT2D eigenvalue weighted by Crippen LogP contribution is -1.97. The van der Waals surface area contributed by atoms with Crippen LogP contribution in [0.1, 0.15) is 126 Å². The van der Waals surface area contributed by atoms with E-state index >= 15 is 0 Å². The lowest BCUT2D eigenvalue weighted by Gasteiger charge is -2.16. The lowest BCUT2D eigenvalue weighted by molar-refractivity contribution is 0.353. The summed E-state index contributed by atoms with van der Waals surface area (Å²) in [5.74, 6) is 4.10. The second kappa shape index (κ2) is 18.4. The standard InChI is InChI=1S/C34H50O3.H2O4S/c1-3-5-7-9-11-13-15-17-27-19-21-31(29-23-25-35-33(27)29)37-32-22-20-28(34-30(32)24-26-36-34)18-16-14-12-10-8-6-4-2;1-5(2,3)4/h19-22H,3-18,23-26H2,1-2H3;(H2,1,2,3,4). The van der Waals surface area contributed by atoms with Crippen molar-refractivity contribution in [2.45, 2.75) is 129 Å². The molecular formula is C34H52O7S. The van der Waals surface area contributed by atoms with Gasteiger partial charge >= 0.3 is 10.4 Å². The van der Waals surface area contributed by atoms with Gasteiger partial charge in [0.25, 0.3) is 0 Å². The molecule has 2 N–H and O–H groups in total. The fourth-order valence-electron chi connectivity index (χ4n) is 5.91. The van der Waals surface area contributed by atoms with E-state index in [2.05, 4.69) is 38.1 Å². The van der Waals surface area contributed by atoms with Crippen molar-refractivity contribution >= 4 is 10.4 Å². The topological polar surface area (TPSA) is 102 Å². The second-order valence-corrected chi connectivity index (χ2v) is 12.4. The minimum atomic E-state index is -4.67. The summed E-state index contributed by atoms with van der Waals surface area (Å²) in [7, 11) is -4.67. The lowest BCUT2D eigenvalue weighted by atomic mass is 10.00. The Morgan fingerprint density at radius 1 is 0.619 bits per heavy atom. The maximum absolute atomic E-state index is 8.74. The number of hydrogen-bond acceptors (Lipinski definition) is 5. The van der Waals surface area contributed by atoms with Crippen LogP contribution in [0.2, 0.25) is 0 Å². The number of unbranched alkanes of at least 4 members (excludes halogenated alkanes) is 12. The van der Waals surface area contributed by atoms with Crippen LogP contribution in [0.15, 0.2) is 24.3 Å². The highest BCUT2D eigenvalue weighted by molar-refractivity contribution is 7.79. The van der Waals surface area contributed by atoms with Gasteiger partial charge in [0, 0.05) is 24.0 Å². The fourth-order valence-corrected chi connectivity index (χ4v) is 5.91. The number of rotatable bonds is 18. The molecule has 0 atom stereocenters. The normalized spacial score (nSPS) is 13.5. The van der Waals surface area contributed by atoms with Gasteiger partial charge in [-0.05, 0) is 48.9 Å². The van der Waals surface area contributed by atoms with Gasteiger partial charge in [0.1, 0.15) is 23.0 Å². The van der Waals surface area contributed by atoms with E-state index in [-0.39, 0.29) is 0 Å². The van der Waals surface area contributed by atoms with E-state index in [1.807, 2.05) is 0 Å². The first kappa shape index (κ1) is 34.2. The van der Waals surface area contributed by atoms with Crippen molar-refractivity contribution in [3.05, 3.63) is 46.5 Å². The highest BCUT2D eigenvalue weighted by Gasteiger charge is 2.25. The second-order valence-electron chi connectivity index (χ2n) is 11.6. The van der Waals surface area contributed by atoms with E-state index in [9.17, 15) is 0 Å². The quantitative estimate of drug-likeness (QED) is 0.129. The van der Waals surface area contributed by atoms with Crippen molar-refractivity contribution in [1.29, 1.82) is 0 Å². The average molecular weight is 605 g/mol. The molecule has 0 amide bonds. The van der Waals surface area contributed by atoms with Crippen LogP contribution in [-0.2, 0) is 36.1 Å². The van der Waals surface area contributed by atoms with Gasteiger partial charge in [-0.1, -0.05) is 103 Å². The molecule has 0 bridgehead atoms. The van der Waals surface area contributed by atoms with Crippen molar-refractivity contribution in [3.8, 4) is 23.0 Å². The van der Waals surface area contributed by atoms with Gasteiger partial charge in [0.05, 0.1) is 13.2 Å². The zero-order valence-electron chi connectivity index (χ0n) is 25.8. The largest absolute Gasteiger partial charge is 0.493 e. The maximum Gasteiger partial charge on any atom is 0.394 e. The number of benzene rings is 2. The highest BCUT2D eigenvalue weighted by Crippen LogP contribution is 2.43. The van der Waals surface area contributed by atoms with Gasteiger partial charge in [0.2, 0.25) is 0 Å². The van der Waals surface area contributed by atoms with Gasteiger partial charge < -0.3 is 14.2 Å². The van der Waals surface area contributed by atoms with E-state index in [1.165, 1.54) is 112 Å². The molecule has 0 unspecified atom stereocenters. The predicted molar refractivity (Wildman–Crippen MR) is 169 cm³/mol. The number of aryl methyl sites for hydroxylation is 2. The van der Waals surface area contributed by atoms with Crippen LogP contribution in [0, 0.1) is 0 Å². The summed E-state index contributed by atoms with van der Waals surface area (Å²) < 4.78 is 50.4. The summed E-state index contributed by atoms with van der Waals surface area (Å²) in [5, 5.41) is 0. The summed E-state index contributed by atoms with van der Waals surface area (Å²) in [4.78, 5) is 0. The molecule has 2 aliphatic rings. The molecule has 7 nitrogen and oxygen atoms in total. The average Bonchev–Trinajstić information content (AvgIpc) is 3.64. The summed E-state index contributed by atoms with van der Waals surface area (Å²) in [6.07, 6.45) is 22.8. The molecule has 0 saturated heterocycles. The maximum atomic E-state index is 8.74. The van der Waals surface area contributed by atoms with Gasteiger partial charge in [-0.2, -0.15) is 8.42 Å². The minimum absolute atomic E-state index is 0.762. The third-order valence-electron chi connectivity index (χ3n) is 8.11. The Morgan fingerprint density at radius 3 is 1.36 bits per heavy atom. The molecule has 2 aromatic carbocycles. The first-order chi connectivity index (χ1) is 20.3. The van der Waals surface area contributed by atoms with Crippen LogP contribution in [0.4, 0.5) is 0 Å². The number of fused-ring (bicyclic) bond motifs is 2. The minimum Gasteiger partial charge on any atom is -0.493 e. The summed E-state index contributed by atoms with van der Waals surface area (Å²) in [6.45, 7) is 6.08. The van der Waals surface area contributed by atoms with Crippen molar-refractivity contribution in [1.82, 2.24) is 0 Å². The molecule has 0 fully saturated rings. The summed E-state index contributed by atoms with van der Waals surface area (Å²) in [5.41, 5.74) is 5.21. The van der Waals surface area contributed by atoms with E-state index in [0.717, 1.165) is 61.9 Å². The Hall–Kier alpha value is -2.29. The molecule has 4 rings (SSSR count). The van der Waals surface area contributed by atoms with Crippen LogP contribution in [-0.4, -0.2) is 30.7 Å². The molecule has 0 radical (unpaired) electrons. The zero-order valence-corrected chi connectivity index (χ0v) is 26.6. The monoisotopic (exact) mass is 604 g/mol. The van der Waals surface area contributed by atoms with Crippen LogP contribution in [0.5, 0.6) is 23.0 Å². The van der Waals surface area contributed by atoms with Gasteiger partial charge in [-0.3, -0.25) is 9.11 Å². The van der Waals surface area contributed by atoms with Crippen molar-refractivity contribution in [2.75, 3.05) is 13.2 Å². The first-order valence-corrected chi connectivity index (χ1v) is 17.6. The van der Waals surface area contributed by atoms with Gasteiger partial charge in [-0.25, -0.2) is 0 Å². The van der Waals surface area contributed by atoms with E-state index in [0.29, 0.717) is 0 Å². The van der Waals surface area contributed by atoms with E-state index < -0.39 is 10.4 Å². The van der Waals surface area contributed by atoms with Gasteiger partial charge in [0.15, 0.2) is 0 Å². The van der Waals surface area contributed by atoms with Crippen LogP contribution >= 0.6 is 0 Å². The molecule has 2 aliphatic heterocycles. The van der Waals surface area contributed by atoms with E-state index in [1.54, 1.807) is 0 Å². The third-order valence-corrected chi connectivity index (χ3v) is 8.11. The van der Waals surface area contributed by atoms with Crippen LogP contribution in [0.25, 0.3) is 0 Å². The first-order valence-electron chi connectivity index (χ1n) is 16.2. The Morgan fingerprint density at radius 2 is 0.976 bits per heavy atom. The molecule has 0 spiro atoms. The molecule has 8 heteroatoms. The summed E-state index contributed by atoms with van der Waals surface area (Å²) >= 11 is 0. The Labute approximate surface area is 253 Å². The molecule has 42 heavy (non-hydrogen) atoms. The van der Waals surface area contributed by atoms with Gasteiger partial charge in [-0.15, -0.1) is 0 Å². The smallest absolute Gasteiger partial charge is 0.394 e. The van der Waals surface area contributed by atoms with Crippen molar-refractivity contribution in [2.24, 2.45) is 0 Å². The molecule has 0 saturated carbocycles. The van der Waals surface area contributed by atoms with Crippen LogP contribution < -0.4 is 14.2 Å². The third kappa shape index (κ3) is 11.8. The fraction of sp³-hybridized carbons (Fsp3) is 0.647. The van der Waals surface area contributed by atoms with Crippen molar-refractivity contribution in [3.63, 3.8) is 0 Å². The highest BCUT2D eigenvalue weighted by atomic mass is 32.3. The Kier molecular flexibility index (Phi) is 15.0. The molecule has 0 aliphatic carbocycles. The Balaban J connectivity index is 0.000000892. The SMILES string of the molecule is CCCCCCCCCc1ccc(Oc2ccc(CCCCCCCCC)c3c2CCO3)c2c1OCC2.O=S(=O)(O)O. The number of hydrogen-bond donors (Lipinski definition) is 2. The zero-order chi connectivity index (χ0) is 30.2. The predicted octanol–water partition coefficient (Wildman–Crippen LogP) is 9.28. The molecule has 2 heterocycles. The van der Waals surface area contributed by atoms with Crippen molar-refractivity contribution < 1.29 is 31.7 Å².